The SMILES string of the molecule is Cc1ccc(NC(=O)c2c(O)c3ccccc3n(-c3ccccc3)c2=O)cc1Cl. The Morgan fingerprint density at radius 2 is 1.69 bits per heavy atom. The largest absolute Gasteiger partial charge is 0.506 e. The van der Waals surface area contributed by atoms with Crippen LogP contribution >= 0.6 is 11.6 Å². The number of carbonyl (C=O) groups is 1. The minimum absolute atomic E-state index is 0.329. The lowest BCUT2D eigenvalue weighted by Crippen LogP contribution is -2.29. The van der Waals surface area contributed by atoms with Gasteiger partial charge in [-0.3, -0.25) is 14.2 Å². The lowest BCUT2D eigenvalue weighted by molar-refractivity contribution is 0.102. The van der Waals surface area contributed by atoms with Gasteiger partial charge in [0.2, 0.25) is 0 Å². The molecule has 0 spiro atoms. The Balaban J connectivity index is 1.91. The zero-order chi connectivity index (χ0) is 20.5. The molecule has 0 bridgehead atoms. The molecular weight excluding hydrogens is 388 g/mol. The fraction of sp³-hybridized carbons (Fsp3) is 0.0435. The van der Waals surface area contributed by atoms with Crippen LogP contribution in [0.2, 0.25) is 5.02 Å². The van der Waals surface area contributed by atoms with Gasteiger partial charge in [-0.25, -0.2) is 0 Å². The molecular formula is C23H17ClN2O3. The monoisotopic (exact) mass is 404 g/mol. The van der Waals surface area contributed by atoms with Gasteiger partial charge in [0.25, 0.3) is 11.5 Å². The molecule has 0 saturated heterocycles. The predicted octanol–water partition coefficient (Wildman–Crippen LogP) is 4.91. The van der Waals surface area contributed by atoms with E-state index in [0.717, 1.165) is 5.56 Å². The second kappa shape index (κ2) is 7.45. The van der Waals surface area contributed by atoms with Gasteiger partial charge in [0.1, 0.15) is 11.3 Å². The van der Waals surface area contributed by atoms with Crippen molar-refractivity contribution in [1.29, 1.82) is 0 Å². The first-order valence-corrected chi connectivity index (χ1v) is 9.35. The highest BCUT2D eigenvalue weighted by atomic mass is 35.5. The summed E-state index contributed by atoms with van der Waals surface area (Å²) in [7, 11) is 0. The second-order valence-electron chi connectivity index (χ2n) is 6.63. The van der Waals surface area contributed by atoms with Crippen LogP contribution in [0.4, 0.5) is 5.69 Å². The van der Waals surface area contributed by atoms with Crippen LogP contribution in [0.15, 0.2) is 77.6 Å². The first-order valence-electron chi connectivity index (χ1n) is 8.97. The van der Waals surface area contributed by atoms with Crippen molar-refractivity contribution in [3.8, 4) is 11.4 Å². The van der Waals surface area contributed by atoms with Crippen LogP contribution in [0, 0.1) is 6.92 Å². The summed E-state index contributed by atoms with van der Waals surface area (Å²) in [6.07, 6.45) is 0. The normalized spacial score (nSPS) is 10.8. The van der Waals surface area contributed by atoms with Gasteiger partial charge in [0, 0.05) is 21.8 Å². The van der Waals surface area contributed by atoms with E-state index in [1.165, 1.54) is 4.57 Å². The lowest BCUT2D eigenvalue weighted by atomic mass is 10.1. The van der Waals surface area contributed by atoms with Crippen LogP contribution in [-0.2, 0) is 0 Å². The maximum atomic E-state index is 13.3. The number of aromatic nitrogens is 1. The summed E-state index contributed by atoms with van der Waals surface area (Å²) < 4.78 is 1.42. The minimum atomic E-state index is -0.706. The number of benzene rings is 3. The zero-order valence-corrected chi connectivity index (χ0v) is 16.3. The van der Waals surface area contributed by atoms with Crippen LogP contribution in [0.3, 0.4) is 0 Å². The number of pyridine rings is 1. The first kappa shape index (κ1) is 18.8. The number of aryl methyl sites for hydroxylation is 1. The average Bonchev–Trinajstić information content (AvgIpc) is 2.72. The van der Waals surface area contributed by atoms with Gasteiger partial charge in [-0.2, -0.15) is 0 Å². The van der Waals surface area contributed by atoms with E-state index < -0.39 is 11.5 Å². The Kier molecular flexibility index (Phi) is 4.82. The number of para-hydroxylation sites is 2. The van der Waals surface area contributed by atoms with Crippen molar-refractivity contribution >= 4 is 34.1 Å². The van der Waals surface area contributed by atoms with Crippen LogP contribution < -0.4 is 10.9 Å². The van der Waals surface area contributed by atoms with Gasteiger partial charge < -0.3 is 10.4 Å². The van der Waals surface area contributed by atoms with E-state index in [4.69, 9.17) is 11.6 Å². The van der Waals surface area contributed by atoms with Crippen molar-refractivity contribution in [1.82, 2.24) is 4.57 Å². The van der Waals surface area contributed by atoms with E-state index in [0.29, 0.717) is 27.3 Å². The van der Waals surface area contributed by atoms with Crippen molar-refractivity contribution in [3.05, 3.63) is 99.3 Å². The molecule has 0 unspecified atom stereocenters. The van der Waals surface area contributed by atoms with Gasteiger partial charge >= 0.3 is 0 Å². The number of amides is 1. The van der Waals surface area contributed by atoms with Crippen LogP contribution in [-0.4, -0.2) is 15.6 Å². The number of nitrogens with one attached hydrogen (secondary N) is 1. The Morgan fingerprint density at radius 3 is 2.41 bits per heavy atom. The molecule has 0 radical (unpaired) electrons. The van der Waals surface area contributed by atoms with Crippen LogP contribution in [0.1, 0.15) is 15.9 Å². The molecule has 0 fully saturated rings. The summed E-state index contributed by atoms with van der Waals surface area (Å²) in [5.41, 5.74) is 1.47. The smallest absolute Gasteiger partial charge is 0.272 e. The number of carbonyl (C=O) groups excluding carboxylic acids is 1. The van der Waals surface area contributed by atoms with Crippen LogP contribution in [0.25, 0.3) is 16.6 Å². The van der Waals surface area contributed by atoms with Crippen molar-refractivity contribution in [2.75, 3.05) is 5.32 Å². The van der Waals surface area contributed by atoms with E-state index in [2.05, 4.69) is 5.32 Å². The molecule has 3 aromatic carbocycles. The highest BCUT2D eigenvalue weighted by Crippen LogP contribution is 2.29. The molecule has 4 aromatic rings. The van der Waals surface area contributed by atoms with E-state index in [-0.39, 0.29) is 11.3 Å². The van der Waals surface area contributed by atoms with E-state index >= 15 is 0 Å². The molecule has 1 amide bonds. The number of anilines is 1. The summed E-state index contributed by atoms with van der Waals surface area (Å²) in [4.78, 5) is 26.2. The van der Waals surface area contributed by atoms with Gasteiger partial charge in [0.15, 0.2) is 0 Å². The first-order chi connectivity index (χ1) is 14.0. The summed E-state index contributed by atoms with van der Waals surface area (Å²) in [5.74, 6) is -1.06. The maximum Gasteiger partial charge on any atom is 0.272 e. The summed E-state index contributed by atoms with van der Waals surface area (Å²) in [6.45, 7) is 1.85. The molecule has 4 rings (SSSR count). The fourth-order valence-corrected chi connectivity index (χ4v) is 3.41. The van der Waals surface area contributed by atoms with E-state index in [9.17, 15) is 14.7 Å². The Bertz CT molecular complexity index is 1300. The number of hydrogen-bond donors (Lipinski definition) is 2. The molecule has 2 N–H and O–H groups in total. The molecule has 1 heterocycles. The molecule has 1 aromatic heterocycles. The Morgan fingerprint density at radius 1 is 1.00 bits per heavy atom. The number of fused-ring (bicyclic) bond motifs is 1. The quantitative estimate of drug-likeness (QED) is 0.509. The molecule has 6 heteroatoms. The summed E-state index contributed by atoms with van der Waals surface area (Å²) in [6, 6.07) is 20.9. The molecule has 0 saturated carbocycles. The molecule has 29 heavy (non-hydrogen) atoms. The van der Waals surface area contributed by atoms with Crippen molar-refractivity contribution < 1.29 is 9.90 Å². The molecule has 0 aliphatic rings. The van der Waals surface area contributed by atoms with Crippen molar-refractivity contribution in [3.63, 3.8) is 0 Å². The highest BCUT2D eigenvalue weighted by Gasteiger charge is 2.23. The van der Waals surface area contributed by atoms with Gasteiger partial charge in [-0.05, 0) is 48.9 Å². The number of halogens is 1. The number of hydrogen-bond acceptors (Lipinski definition) is 3. The zero-order valence-electron chi connectivity index (χ0n) is 15.5. The van der Waals surface area contributed by atoms with E-state index in [1.54, 1.807) is 66.7 Å². The van der Waals surface area contributed by atoms with Crippen molar-refractivity contribution in [2.24, 2.45) is 0 Å². The summed E-state index contributed by atoms with van der Waals surface area (Å²) in [5, 5.41) is 14.3. The average molecular weight is 405 g/mol. The third-order valence-corrected chi connectivity index (χ3v) is 5.13. The standard InChI is InChI=1S/C23H17ClN2O3/c1-14-11-12-15(13-18(14)24)25-22(28)20-21(27)17-9-5-6-10-19(17)26(23(20)29)16-7-3-2-4-8-16/h2-13,27H,1H3,(H,25,28). The minimum Gasteiger partial charge on any atom is -0.506 e. The summed E-state index contributed by atoms with van der Waals surface area (Å²) >= 11 is 6.12. The molecule has 144 valence electrons. The van der Waals surface area contributed by atoms with Gasteiger partial charge in [-0.1, -0.05) is 48.0 Å². The highest BCUT2D eigenvalue weighted by molar-refractivity contribution is 6.31. The molecule has 5 nitrogen and oxygen atoms in total. The second-order valence-corrected chi connectivity index (χ2v) is 7.04. The third kappa shape index (κ3) is 3.37. The van der Waals surface area contributed by atoms with Crippen molar-refractivity contribution in [2.45, 2.75) is 6.92 Å². The molecule has 0 aliphatic heterocycles. The van der Waals surface area contributed by atoms with Gasteiger partial charge in [-0.15, -0.1) is 0 Å². The van der Waals surface area contributed by atoms with E-state index in [1.807, 2.05) is 13.0 Å². The molecule has 0 atom stereocenters. The number of aromatic hydroxyl groups is 1. The van der Waals surface area contributed by atoms with Crippen LogP contribution in [0.5, 0.6) is 5.75 Å². The fourth-order valence-electron chi connectivity index (χ4n) is 3.23. The number of nitrogens with zero attached hydrogens (tertiary/aromatic N) is 1. The topological polar surface area (TPSA) is 71.3 Å². The Labute approximate surface area is 171 Å². The number of rotatable bonds is 3. The predicted molar refractivity (Wildman–Crippen MR) is 115 cm³/mol. The Hall–Kier alpha value is -3.57. The van der Waals surface area contributed by atoms with Gasteiger partial charge in [0.05, 0.1) is 5.52 Å². The third-order valence-electron chi connectivity index (χ3n) is 4.72. The lowest BCUT2D eigenvalue weighted by Gasteiger charge is -2.15. The maximum absolute atomic E-state index is 13.3. The molecule has 0 aliphatic carbocycles.